The van der Waals surface area contributed by atoms with Gasteiger partial charge in [0, 0.05) is 25.7 Å². The normalized spacial score (nSPS) is 14.8. The topological polar surface area (TPSA) is 237 Å². The van der Waals surface area contributed by atoms with Gasteiger partial charge in [-0.3, -0.25) is 37.3 Å². The maximum absolute atomic E-state index is 13.0. The van der Waals surface area contributed by atoms with Crippen molar-refractivity contribution in [3.8, 4) is 0 Å². The van der Waals surface area contributed by atoms with Gasteiger partial charge in [0.15, 0.2) is 12.2 Å². The number of hydrogen-bond donors (Lipinski definition) is 3. The van der Waals surface area contributed by atoms with E-state index in [1.54, 1.807) is 0 Å². The van der Waals surface area contributed by atoms with Crippen molar-refractivity contribution in [2.45, 2.75) is 318 Å². The second-order valence-corrected chi connectivity index (χ2v) is 27.4. The van der Waals surface area contributed by atoms with Crippen molar-refractivity contribution < 1.29 is 80.2 Å². The summed E-state index contributed by atoms with van der Waals surface area (Å²) < 4.78 is 67.9. The van der Waals surface area contributed by atoms with Crippen LogP contribution in [0.5, 0.6) is 0 Å². The lowest BCUT2D eigenvalue weighted by molar-refractivity contribution is -0.161. The Morgan fingerprint density at radius 3 is 0.866 bits per heavy atom. The zero-order valence-electron chi connectivity index (χ0n) is 53.1. The summed E-state index contributed by atoms with van der Waals surface area (Å²) in [6.45, 7) is 13.9. The van der Waals surface area contributed by atoms with Gasteiger partial charge in [0.2, 0.25) is 0 Å². The molecule has 0 aliphatic carbocycles. The van der Waals surface area contributed by atoms with Gasteiger partial charge in [0.05, 0.1) is 26.4 Å². The van der Waals surface area contributed by atoms with E-state index in [0.717, 1.165) is 109 Å². The summed E-state index contributed by atoms with van der Waals surface area (Å²) in [5.74, 6) is 0.711. The average Bonchev–Trinajstić information content (AvgIpc) is 3.45. The van der Waals surface area contributed by atoms with Crippen LogP contribution in [0.15, 0.2) is 0 Å². The predicted molar refractivity (Wildman–Crippen MR) is 326 cm³/mol. The van der Waals surface area contributed by atoms with E-state index in [4.69, 9.17) is 37.0 Å². The van der Waals surface area contributed by atoms with Gasteiger partial charge in [-0.25, -0.2) is 9.13 Å². The maximum Gasteiger partial charge on any atom is 0.472 e. The second-order valence-electron chi connectivity index (χ2n) is 24.5. The van der Waals surface area contributed by atoms with Crippen LogP contribution >= 0.6 is 15.6 Å². The minimum absolute atomic E-state index is 0.101. The number of phosphoric ester groups is 2. The SMILES string of the molecule is CCC(C)CCCCCCCCCCCCC(=O)O[C@H](COC(=O)CCCCCCCCC(C)C)COP(=O)(O)OC[C@H](O)COP(=O)(O)OC[C@@H](COC(=O)CCCCCCCCCC(C)C)OC(=O)CCCCCCCCC(C)C. The summed E-state index contributed by atoms with van der Waals surface area (Å²) in [5.41, 5.74) is 0. The Morgan fingerprint density at radius 2 is 0.585 bits per heavy atom. The van der Waals surface area contributed by atoms with Crippen LogP contribution in [-0.4, -0.2) is 96.7 Å². The molecule has 0 aliphatic heterocycles. The van der Waals surface area contributed by atoms with E-state index < -0.39 is 97.5 Å². The van der Waals surface area contributed by atoms with Gasteiger partial charge < -0.3 is 33.8 Å². The molecule has 0 fully saturated rings. The summed E-state index contributed by atoms with van der Waals surface area (Å²) >= 11 is 0. The van der Waals surface area contributed by atoms with E-state index in [1.165, 1.54) is 89.9 Å². The van der Waals surface area contributed by atoms with Crippen LogP contribution in [0.3, 0.4) is 0 Å². The van der Waals surface area contributed by atoms with Crippen molar-refractivity contribution >= 4 is 39.5 Å². The van der Waals surface area contributed by atoms with Gasteiger partial charge in [-0.1, -0.05) is 248 Å². The fourth-order valence-electron chi connectivity index (χ4n) is 9.22. The first-order chi connectivity index (χ1) is 39.1. The molecule has 6 atom stereocenters. The maximum atomic E-state index is 13.0. The Kier molecular flexibility index (Phi) is 52.0. The van der Waals surface area contributed by atoms with Crippen LogP contribution in [0, 0.1) is 23.7 Å². The number of rotatable bonds is 60. The molecule has 0 amide bonds. The fourth-order valence-corrected chi connectivity index (χ4v) is 10.8. The minimum Gasteiger partial charge on any atom is -0.462 e. The standard InChI is InChI=1S/C63H122O17P2/c1-9-56(8)42-34-26-16-12-10-11-13-17-29-37-45-62(67)79-58(50-74-61(66)44-36-28-21-19-24-32-40-54(4)5)51-77-81(69,70)75-47-57(64)48-76-82(71,72)78-52-59(80-63(68)46-38-30-22-20-25-33-41-55(6)7)49-73-60(65)43-35-27-18-14-15-23-31-39-53(2)3/h53-59,64H,9-52H2,1-8H3,(H,69,70)(H,71,72)/t56?,57-,58+,59+/m0/s1. The first-order valence-corrected chi connectivity index (χ1v) is 35.7. The molecule has 486 valence electrons. The molecule has 19 heteroatoms. The number of phosphoric acid groups is 2. The van der Waals surface area contributed by atoms with Crippen molar-refractivity contribution in [2.75, 3.05) is 39.6 Å². The number of carbonyl (C=O) groups is 4. The van der Waals surface area contributed by atoms with E-state index in [-0.39, 0.29) is 25.7 Å². The Balaban J connectivity index is 5.23. The highest BCUT2D eigenvalue weighted by Crippen LogP contribution is 2.45. The molecular weight excluding hydrogens is 1090 g/mol. The molecule has 0 radical (unpaired) electrons. The fraction of sp³-hybridized carbons (Fsp3) is 0.937. The van der Waals surface area contributed by atoms with Crippen molar-refractivity contribution in [1.82, 2.24) is 0 Å². The molecule has 0 aromatic rings. The van der Waals surface area contributed by atoms with Crippen molar-refractivity contribution in [1.29, 1.82) is 0 Å². The third-order valence-corrected chi connectivity index (χ3v) is 16.6. The molecule has 17 nitrogen and oxygen atoms in total. The largest absolute Gasteiger partial charge is 0.472 e. The predicted octanol–water partition coefficient (Wildman–Crippen LogP) is 17.0. The quantitative estimate of drug-likeness (QED) is 0.0222. The van der Waals surface area contributed by atoms with Gasteiger partial charge in [-0.15, -0.1) is 0 Å². The number of ether oxygens (including phenoxy) is 4. The van der Waals surface area contributed by atoms with Crippen LogP contribution in [-0.2, 0) is 65.4 Å². The molecule has 82 heavy (non-hydrogen) atoms. The van der Waals surface area contributed by atoms with Crippen LogP contribution in [0.2, 0.25) is 0 Å². The van der Waals surface area contributed by atoms with Gasteiger partial charge >= 0.3 is 39.5 Å². The molecule has 0 saturated carbocycles. The molecule has 0 bridgehead atoms. The van der Waals surface area contributed by atoms with E-state index in [2.05, 4.69) is 55.4 Å². The molecule has 0 spiro atoms. The number of esters is 4. The van der Waals surface area contributed by atoms with Gasteiger partial charge in [0.25, 0.3) is 0 Å². The zero-order chi connectivity index (χ0) is 61.1. The smallest absolute Gasteiger partial charge is 0.462 e. The summed E-state index contributed by atoms with van der Waals surface area (Å²) in [5, 5.41) is 10.5. The van der Waals surface area contributed by atoms with Crippen molar-refractivity contribution in [2.24, 2.45) is 23.7 Å². The highest BCUT2D eigenvalue weighted by atomic mass is 31.2. The highest BCUT2D eigenvalue weighted by Gasteiger charge is 2.30. The molecule has 3 unspecified atom stereocenters. The molecule has 3 N–H and O–H groups in total. The van der Waals surface area contributed by atoms with Crippen LogP contribution in [0.4, 0.5) is 0 Å². The Labute approximate surface area is 498 Å². The van der Waals surface area contributed by atoms with E-state index >= 15 is 0 Å². The minimum atomic E-state index is -4.94. The zero-order valence-corrected chi connectivity index (χ0v) is 54.9. The van der Waals surface area contributed by atoms with E-state index in [9.17, 15) is 43.2 Å². The third kappa shape index (κ3) is 55.9. The molecule has 0 aliphatic rings. The van der Waals surface area contributed by atoms with Gasteiger partial charge in [-0.05, 0) is 49.4 Å². The number of unbranched alkanes of at least 4 members (excludes halogenated alkanes) is 25. The van der Waals surface area contributed by atoms with Crippen LogP contribution < -0.4 is 0 Å². The lowest BCUT2D eigenvalue weighted by Crippen LogP contribution is -2.30. The first kappa shape index (κ1) is 80.1. The number of carbonyl (C=O) groups excluding carboxylic acids is 4. The Morgan fingerprint density at radius 1 is 0.341 bits per heavy atom. The summed E-state index contributed by atoms with van der Waals surface area (Å²) in [6, 6.07) is 0. The van der Waals surface area contributed by atoms with Crippen LogP contribution in [0.25, 0.3) is 0 Å². The van der Waals surface area contributed by atoms with E-state index in [0.29, 0.717) is 43.4 Å². The first-order valence-electron chi connectivity index (χ1n) is 32.7. The third-order valence-electron chi connectivity index (χ3n) is 14.7. The number of aliphatic hydroxyl groups excluding tert-OH is 1. The van der Waals surface area contributed by atoms with Crippen molar-refractivity contribution in [3.05, 3.63) is 0 Å². The van der Waals surface area contributed by atoms with Crippen LogP contribution in [0.1, 0.15) is 299 Å². The Hall–Kier alpha value is -1.94. The van der Waals surface area contributed by atoms with Gasteiger partial charge in [0.1, 0.15) is 19.3 Å². The lowest BCUT2D eigenvalue weighted by Gasteiger charge is -2.21. The molecule has 0 aromatic heterocycles. The highest BCUT2D eigenvalue weighted by molar-refractivity contribution is 7.47. The van der Waals surface area contributed by atoms with E-state index in [1.807, 2.05) is 0 Å². The summed E-state index contributed by atoms with van der Waals surface area (Å²) in [4.78, 5) is 72.1. The summed E-state index contributed by atoms with van der Waals surface area (Å²) in [6.07, 6.45) is 32.4. The molecule has 0 heterocycles. The monoisotopic (exact) mass is 1210 g/mol. The summed E-state index contributed by atoms with van der Waals surface area (Å²) in [7, 11) is -9.89. The molecular formula is C63H122O17P2. The Bertz CT molecular complexity index is 1650. The van der Waals surface area contributed by atoms with Gasteiger partial charge in [-0.2, -0.15) is 0 Å². The molecule has 0 saturated heterocycles. The second kappa shape index (κ2) is 53.3. The van der Waals surface area contributed by atoms with Crippen molar-refractivity contribution in [3.63, 3.8) is 0 Å². The average molecular weight is 1210 g/mol. The number of aliphatic hydroxyl groups is 1. The molecule has 0 aromatic carbocycles. The number of hydrogen-bond acceptors (Lipinski definition) is 15. The molecule has 0 rings (SSSR count). The lowest BCUT2D eigenvalue weighted by atomic mass is 9.99.